The number of thioether (sulfide) groups is 2. The molecular weight excluding hydrogens is 549 g/mol. The van der Waals surface area contributed by atoms with E-state index < -0.39 is 29.3 Å². The van der Waals surface area contributed by atoms with Gasteiger partial charge in [0.2, 0.25) is 5.91 Å². The van der Waals surface area contributed by atoms with Crippen LogP contribution in [0.3, 0.4) is 0 Å². The number of halogens is 2. The second-order valence-electron chi connectivity index (χ2n) is 7.83. The Hall–Kier alpha value is -2.93. The van der Waals surface area contributed by atoms with Crippen molar-refractivity contribution in [2.24, 2.45) is 5.73 Å². The number of benzene rings is 1. The lowest BCUT2D eigenvalue weighted by molar-refractivity contribution is -0.688. The molecule has 2 aliphatic heterocycles. The molecule has 0 spiro atoms. The van der Waals surface area contributed by atoms with Gasteiger partial charge in [0, 0.05) is 27.3 Å². The molecule has 4 amide bonds. The predicted octanol–water partition coefficient (Wildman–Crippen LogP) is 2.30. The van der Waals surface area contributed by atoms with E-state index in [-0.39, 0.29) is 23.9 Å². The highest BCUT2D eigenvalue weighted by Gasteiger charge is 2.54. The number of anilines is 1. The Kier molecular flexibility index (Phi) is 7.98. The van der Waals surface area contributed by atoms with Gasteiger partial charge in [-0.2, -0.15) is 4.57 Å². The minimum Gasteiger partial charge on any atom is -0.477 e. The number of carboxylic acid groups (broad SMARTS) is 1. The van der Waals surface area contributed by atoms with Crippen LogP contribution in [0.5, 0.6) is 0 Å². The Morgan fingerprint density at radius 3 is 2.78 bits per heavy atom. The zero-order valence-corrected chi connectivity index (χ0v) is 21.6. The molecule has 0 aliphatic carbocycles. The van der Waals surface area contributed by atoms with E-state index in [0.29, 0.717) is 32.0 Å². The Morgan fingerprint density at radius 2 is 2.06 bits per heavy atom. The summed E-state index contributed by atoms with van der Waals surface area (Å²) >= 11 is 14.7. The summed E-state index contributed by atoms with van der Waals surface area (Å²) in [5, 5.41) is 15.5. The van der Waals surface area contributed by atoms with Gasteiger partial charge in [0.05, 0.1) is 10.8 Å². The summed E-state index contributed by atoms with van der Waals surface area (Å²) in [5.41, 5.74) is 6.02. The summed E-state index contributed by atoms with van der Waals surface area (Å²) in [6, 6.07) is 6.70. The third-order valence-electron chi connectivity index (χ3n) is 5.32. The van der Waals surface area contributed by atoms with Crippen LogP contribution in [0.25, 0.3) is 0 Å². The number of urea groups is 1. The third-order valence-corrected chi connectivity index (χ3v) is 8.39. The van der Waals surface area contributed by atoms with Crippen LogP contribution in [-0.4, -0.2) is 56.7 Å². The van der Waals surface area contributed by atoms with Crippen molar-refractivity contribution in [3.05, 3.63) is 64.0 Å². The number of nitrogens with zero attached hydrogens (tertiary/aromatic N) is 2. The predicted molar refractivity (Wildman–Crippen MR) is 137 cm³/mol. The molecule has 1 saturated heterocycles. The molecule has 3 heterocycles. The summed E-state index contributed by atoms with van der Waals surface area (Å²) in [4.78, 5) is 50.4. The second-order valence-corrected chi connectivity index (χ2v) is 10.8. The van der Waals surface area contributed by atoms with Crippen molar-refractivity contribution >= 4 is 76.2 Å². The molecule has 2 atom stereocenters. The van der Waals surface area contributed by atoms with Crippen LogP contribution in [0.15, 0.2) is 58.9 Å². The maximum Gasteiger partial charge on any atom is 0.352 e. The first-order valence-corrected chi connectivity index (χ1v) is 13.3. The maximum absolute atomic E-state index is 12.9. The highest BCUT2D eigenvalue weighted by atomic mass is 35.5. The fraction of sp³-hybridized carbons (Fsp3) is 0.227. The standard InChI is InChI=1S/C22H19Cl2N5O5S2/c23-12-3-4-14(24)15(6-12)35-10-16(30)27-17-19(31)29-18(21(32)33)11(9-36-20(17)29)7-28-5-1-2-13(8-28)26-22(25)34/h1-6,8,17,20H,7,9-10H2,(H4-,25,26,27,30,32,33,34)/p+1/t17-,20+/m0/s1. The van der Waals surface area contributed by atoms with Gasteiger partial charge in [-0.1, -0.05) is 23.2 Å². The van der Waals surface area contributed by atoms with E-state index >= 15 is 0 Å². The summed E-state index contributed by atoms with van der Waals surface area (Å²) < 4.78 is 1.69. The van der Waals surface area contributed by atoms with Crippen molar-refractivity contribution in [1.29, 1.82) is 0 Å². The van der Waals surface area contributed by atoms with E-state index in [4.69, 9.17) is 28.9 Å². The summed E-state index contributed by atoms with van der Waals surface area (Å²) in [6.07, 6.45) is 3.32. The lowest BCUT2D eigenvalue weighted by Gasteiger charge is -2.49. The van der Waals surface area contributed by atoms with Gasteiger partial charge >= 0.3 is 12.0 Å². The molecule has 14 heteroatoms. The first-order valence-electron chi connectivity index (χ1n) is 10.5. The van der Waals surface area contributed by atoms with Crippen molar-refractivity contribution in [1.82, 2.24) is 10.2 Å². The number of aliphatic carboxylic acids is 1. The van der Waals surface area contributed by atoms with Crippen molar-refractivity contribution in [3.8, 4) is 0 Å². The molecule has 188 valence electrons. The van der Waals surface area contributed by atoms with E-state index in [9.17, 15) is 24.3 Å². The molecule has 10 nitrogen and oxygen atoms in total. The number of hydrogen-bond donors (Lipinski definition) is 4. The number of amides is 4. The van der Waals surface area contributed by atoms with Gasteiger partial charge in [-0.25, -0.2) is 9.59 Å². The normalized spacial score (nSPS) is 18.8. The number of rotatable bonds is 8. The second kappa shape index (κ2) is 11.0. The van der Waals surface area contributed by atoms with E-state index in [1.165, 1.54) is 28.4 Å². The average molecular weight is 569 g/mol. The molecule has 0 unspecified atom stereocenters. The fourth-order valence-corrected chi connectivity index (χ4v) is 6.45. The Labute approximate surface area is 224 Å². The number of nitrogens with two attached hydrogens (primary N) is 1. The number of hydrogen-bond acceptors (Lipinski definition) is 6. The number of aromatic nitrogens is 1. The van der Waals surface area contributed by atoms with E-state index in [0.717, 1.165) is 0 Å². The van der Waals surface area contributed by atoms with Gasteiger partial charge in [-0.15, -0.1) is 23.5 Å². The van der Waals surface area contributed by atoms with Crippen LogP contribution in [0.4, 0.5) is 10.5 Å². The number of carbonyl (C=O) groups excluding carboxylic acids is 3. The largest absolute Gasteiger partial charge is 0.477 e. The maximum atomic E-state index is 12.9. The monoisotopic (exact) mass is 568 g/mol. The Bertz CT molecular complexity index is 1290. The van der Waals surface area contributed by atoms with Crippen LogP contribution in [0.1, 0.15) is 0 Å². The summed E-state index contributed by atoms with van der Waals surface area (Å²) in [7, 11) is 0. The zero-order chi connectivity index (χ0) is 26.0. The van der Waals surface area contributed by atoms with Crippen LogP contribution in [-0.2, 0) is 20.9 Å². The molecule has 36 heavy (non-hydrogen) atoms. The number of primary amides is 1. The number of carbonyl (C=O) groups is 4. The number of carboxylic acids is 1. The highest BCUT2D eigenvalue weighted by Crippen LogP contribution is 2.40. The lowest BCUT2D eigenvalue weighted by atomic mass is 10.0. The summed E-state index contributed by atoms with van der Waals surface area (Å²) in [6.45, 7) is 0.188. The summed E-state index contributed by atoms with van der Waals surface area (Å²) in [5.74, 6) is -1.74. The van der Waals surface area contributed by atoms with Gasteiger partial charge < -0.3 is 21.5 Å². The quantitative estimate of drug-likeness (QED) is 0.217. The molecule has 4 rings (SSSR count). The SMILES string of the molecule is NC(=O)Nc1ccc[n+](CC2=C(C(=O)O)N3C(=O)[C@H](NC(=O)CSc4cc(Cl)ccc4Cl)[C@H]3SC2)c1. The van der Waals surface area contributed by atoms with Gasteiger partial charge in [0.25, 0.3) is 5.91 Å². The molecule has 2 aromatic rings. The Morgan fingerprint density at radius 1 is 1.28 bits per heavy atom. The van der Waals surface area contributed by atoms with Crippen molar-refractivity contribution in [2.75, 3.05) is 16.8 Å². The van der Waals surface area contributed by atoms with Crippen LogP contribution in [0.2, 0.25) is 10.0 Å². The Balaban J connectivity index is 1.43. The lowest BCUT2D eigenvalue weighted by Crippen LogP contribution is -2.70. The molecule has 1 fully saturated rings. The molecule has 2 aliphatic rings. The molecule has 0 saturated carbocycles. The third kappa shape index (κ3) is 5.72. The number of nitrogens with one attached hydrogen (secondary N) is 2. The first kappa shape index (κ1) is 26.1. The number of β-lactam (4-membered cyclic amide) rings is 1. The number of pyridine rings is 1. The average Bonchev–Trinajstić information content (AvgIpc) is 2.82. The molecule has 0 bridgehead atoms. The minimum atomic E-state index is -1.23. The van der Waals surface area contributed by atoms with Crippen molar-refractivity contribution in [2.45, 2.75) is 22.9 Å². The topological polar surface area (TPSA) is 146 Å². The highest BCUT2D eigenvalue weighted by molar-refractivity contribution is 8.00. The van der Waals surface area contributed by atoms with Crippen LogP contribution >= 0.6 is 46.7 Å². The molecule has 5 N–H and O–H groups in total. The zero-order valence-electron chi connectivity index (χ0n) is 18.4. The van der Waals surface area contributed by atoms with Gasteiger partial charge in [-0.3, -0.25) is 14.5 Å². The van der Waals surface area contributed by atoms with Crippen molar-refractivity contribution in [3.63, 3.8) is 0 Å². The number of fused-ring (bicyclic) bond motifs is 1. The molecular formula is C22H20Cl2N5O5S2+. The van der Waals surface area contributed by atoms with Gasteiger partial charge in [-0.05, 0) is 24.3 Å². The molecule has 1 aromatic carbocycles. The van der Waals surface area contributed by atoms with Gasteiger partial charge in [0.1, 0.15) is 22.8 Å². The van der Waals surface area contributed by atoms with E-state index in [2.05, 4.69) is 10.6 Å². The van der Waals surface area contributed by atoms with Crippen LogP contribution < -0.4 is 20.9 Å². The fourth-order valence-electron chi connectivity index (χ4n) is 3.81. The first-order chi connectivity index (χ1) is 17.1. The van der Waals surface area contributed by atoms with E-state index in [1.807, 2.05) is 0 Å². The molecule has 0 radical (unpaired) electrons. The smallest absolute Gasteiger partial charge is 0.352 e. The van der Waals surface area contributed by atoms with E-state index in [1.54, 1.807) is 47.3 Å². The molecule has 1 aromatic heterocycles. The minimum absolute atomic E-state index is 0.0143. The van der Waals surface area contributed by atoms with Crippen molar-refractivity contribution < 1.29 is 28.9 Å². The van der Waals surface area contributed by atoms with Crippen LogP contribution in [0, 0.1) is 0 Å². The van der Waals surface area contributed by atoms with Gasteiger partial charge in [0.15, 0.2) is 18.9 Å².